The minimum Gasteiger partial charge on any atom is -0.272 e. The Hall–Kier alpha value is -3.38. The van der Waals surface area contributed by atoms with Gasteiger partial charge in [0.1, 0.15) is 5.69 Å². The number of thiophene rings is 1. The third kappa shape index (κ3) is 3.79. The molecule has 4 rings (SSSR count). The lowest BCUT2D eigenvalue weighted by Gasteiger charge is -2.10. The first-order valence-corrected chi connectivity index (χ1v) is 10.2. The fraction of sp³-hybridized carbons (Fsp3) is 0.130. The van der Waals surface area contributed by atoms with Gasteiger partial charge in [-0.2, -0.15) is 5.10 Å². The SMILES string of the molecule is C=NC=CC(=CC)c1nn(CCc2ccc3ccccc3n2)c(=O)c2ccsc12. The summed E-state index contributed by atoms with van der Waals surface area (Å²) in [5.74, 6) is 0. The number of hydrogen-bond acceptors (Lipinski definition) is 5. The van der Waals surface area contributed by atoms with Crippen LogP contribution in [0, 0.1) is 0 Å². The van der Waals surface area contributed by atoms with E-state index in [9.17, 15) is 4.79 Å². The highest BCUT2D eigenvalue weighted by atomic mass is 32.1. The number of para-hydroxylation sites is 1. The average molecular weight is 401 g/mol. The number of aromatic nitrogens is 3. The van der Waals surface area contributed by atoms with Crippen molar-refractivity contribution in [3.63, 3.8) is 0 Å². The molecule has 0 fully saturated rings. The summed E-state index contributed by atoms with van der Waals surface area (Å²) in [7, 11) is 0. The van der Waals surface area contributed by atoms with E-state index in [1.807, 2.05) is 60.9 Å². The minimum atomic E-state index is -0.0768. The highest BCUT2D eigenvalue weighted by Gasteiger charge is 2.14. The third-order valence-corrected chi connectivity index (χ3v) is 5.67. The van der Waals surface area contributed by atoms with Crippen molar-refractivity contribution in [3.05, 3.63) is 87.9 Å². The molecule has 1 aromatic carbocycles. The quantitative estimate of drug-likeness (QED) is 0.343. The van der Waals surface area contributed by atoms with Gasteiger partial charge in [-0.05, 0) is 43.3 Å². The molecule has 0 atom stereocenters. The van der Waals surface area contributed by atoms with Gasteiger partial charge >= 0.3 is 0 Å². The van der Waals surface area contributed by atoms with E-state index in [4.69, 9.17) is 4.98 Å². The van der Waals surface area contributed by atoms with E-state index in [1.165, 1.54) is 11.3 Å². The maximum atomic E-state index is 12.9. The van der Waals surface area contributed by atoms with Crippen LogP contribution < -0.4 is 5.56 Å². The number of aliphatic imine (C=N–C) groups is 1. The van der Waals surface area contributed by atoms with Crippen LogP contribution in [0.25, 0.3) is 26.6 Å². The van der Waals surface area contributed by atoms with Gasteiger partial charge in [0.05, 0.1) is 22.1 Å². The van der Waals surface area contributed by atoms with Crippen LogP contribution in [0.2, 0.25) is 0 Å². The van der Waals surface area contributed by atoms with Crippen LogP contribution in [0.5, 0.6) is 0 Å². The molecule has 0 aliphatic rings. The van der Waals surface area contributed by atoms with Crippen molar-refractivity contribution in [1.29, 1.82) is 0 Å². The van der Waals surface area contributed by atoms with Crippen LogP contribution in [0.1, 0.15) is 18.3 Å². The Labute approximate surface area is 172 Å². The van der Waals surface area contributed by atoms with Crippen LogP contribution in [0.15, 0.2) is 76.0 Å². The fourth-order valence-corrected chi connectivity index (χ4v) is 4.16. The number of rotatable bonds is 6. The van der Waals surface area contributed by atoms with E-state index >= 15 is 0 Å². The van der Waals surface area contributed by atoms with E-state index in [2.05, 4.69) is 22.9 Å². The highest BCUT2D eigenvalue weighted by Crippen LogP contribution is 2.26. The predicted octanol–water partition coefficient (Wildman–Crippen LogP) is 4.87. The number of hydrogen-bond donors (Lipinski definition) is 0. The summed E-state index contributed by atoms with van der Waals surface area (Å²) in [6.07, 6.45) is 6.07. The molecule has 0 aliphatic heterocycles. The topological polar surface area (TPSA) is 60.1 Å². The second kappa shape index (κ2) is 8.32. The number of fused-ring (bicyclic) bond motifs is 2. The minimum absolute atomic E-state index is 0.0768. The van der Waals surface area contributed by atoms with Gasteiger partial charge in [-0.3, -0.25) is 14.8 Å². The third-order valence-electron chi connectivity index (χ3n) is 4.75. The second-order valence-corrected chi connectivity index (χ2v) is 7.44. The molecule has 4 aromatic rings. The molecule has 3 aromatic heterocycles. The van der Waals surface area contributed by atoms with Gasteiger partial charge in [0.25, 0.3) is 5.56 Å². The van der Waals surface area contributed by atoms with Crippen molar-refractivity contribution in [2.75, 3.05) is 0 Å². The number of aryl methyl sites for hydroxylation is 2. The van der Waals surface area contributed by atoms with Crippen molar-refractivity contribution in [1.82, 2.24) is 14.8 Å². The summed E-state index contributed by atoms with van der Waals surface area (Å²) in [6.45, 7) is 5.89. The summed E-state index contributed by atoms with van der Waals surface area (Å²) in [4.78, 5) is 21.4. The van der Waals surface area contributed by atoms with Crippen LogP contribution in [-0.4, -0.2) is 21.5 Å². The molecule has 144 valence electrons. The Balaban J connectivity index is 1.71. The molecular formula is C23H20N4OS. The number of pyridine rings is 1. The summed E-state index contributed by atoms with van der Waals surface area (Å²) in [5, 5.41) is 8.40. The van der Waals surface area contributed by atoms with Crippen molar-refractivity contribution in [2.24, 2.45) is 4.99 Å². The van der Waals surface area contributed by atoms with Crippen LogP contribution in [-0.2, 0) is 13.0 Å². The van der Waals surface area contributed by atoms with Gasteiger partial charge in [-0.25, -0.2) is 4.68 Å². The first-order valence-electron chi connectivity index (χ1n) is 9.33. The lowest BCUT2D eigenvalue weighted by atomic mass is 10.1. The standard InChI is InChI=1S/C23H20N4OS/c1-3-16(10-13-24-2)21-22-19(12-15-29-22)23(28)27(26-21)14-11-18-9-8-17-6-4-5-7-20(17)25-18/h3-10,12-13,15H,2,11,14H2,1H3. The van der Waals surface area contributed by atoms with Crippen molar-refractivity contribution >= 4 is 44.6 Å². The molecule has 0 radical (unpaired) electrons. The maximum Gasteiger partial charge on any atom is 0.275 e. The van der Waals surface area contributed by atoms with E-state index in [1.54, 1.807) is 10.9 Å². The Morgan fingerprint density at radius 3 is 2.93 bits per heavy atom. The van der Waals surface area contributed by atoms with Crippen molar-refractivity contribution in [2.45, 2.75) is 19.9 Å². The molecule has 29 heavy (non-hydrogen) atoms. The van der Waals surface area contributed by atoms with Crippen LogP contribution in [0.4, 0.5) is 0 Å². The van der Waals surface area contributed by atoms with Crippen molar-refractivity contribution in [3.8, 4) is 0 Å². The smallest absolute Gasteiger partial charge is 0.272 e. The highest BCUT2D eigenvalue weighted by molar-refractivity contribution is 7.17. The van der Waals surface area contributed by atoms with Gasteiger partial charge in [-0.1, -0.05) is 30.3 Å². The molecule has 5 nitrogen and oxygen atoms in total. The number of benzene rings is 1. The summed E-state index contributed by atoms with van der Waals surface area (Å²) < 4.78 is 2.43. The molecular weight excluding hydrogens is 380 g/mol. The van der Waals surface area contributed by atoms with Gasteiger partial charge in [0.2, 0.25) is 0 Å². The summed E-state index contributed by atoms with van der Waals surface area (Å²) >= 11 is 1.52. The lowest BCUT2D eigenvalue weighted by Crippen LogP contribution is -2.25. The van der Waals surface area contributed by atoms with Crippen LogP contribution in [0.3, 0.4) is 0 Å². The molecule has 0 spiro atoms. The van der Waals surface area contributed by atoms with Gasteiger partial charge in [0, 0.05) is 29.3 Å². The normalized spacial score (nSPS) is 12.2. The molecule has 0 amide bonds. The first-order chi connectivity index (χ1) is 14.2. The zero-order valence-corrected chi connectivity index (χ0v) is 16.9. The van der Waals surface area contributed by atoms with E-state index < -0.39 is 0 Å². The second-order valence-electron chi connectivity index (χ2n) is 6.53. The maximum absolute atomic E-state index is 12.9. The molecule has 0 saturated heterocycles. The van der Waals surface area contributed by atoms with E-state index in [0.717, 1.165) is 32.6 Å². The monoisotopic (exact) mass is 400 g/mol. The molecule has 0 unspecified atom stereocenters. The van der Waals surface area contributed by atoms with E-state index in [-0.39, 0.29) is 5.56 Å². The van der Waals surface area contributed by atoms with Crippen molar-refractivity contribution < 1.29 is 0 Å². The molecule has 6 heteroatoms. The van der Waals surface area contributed by atoms with Gasteiger partial charge in [0.15, 0.2) is 0 Å². The lowest BCUT2D eigenvalue weighted by molar-refractivity contribution is 0.578. The Kier molecular flexibility index (Phi) is 5.44. The largest absolute Gasteiger partial charge is 0.275 e. The fourth-order valence-electron chi connectivity index (χ4n) is 3.26. The Bertz CT molecular complexity index is 1310. The predicted molar refractivity (Wildman–Crippen MR) is 122 cm³/mol. The number of allylic oxidation sites excluding steroid dienone is 3. The average Bonchev–Trinajstić information content (AvgIpc) is 3.25. The Morgan fingerprint density at radius 1 is 1.24 bits per heavy atom. The zero-order valence-electron chi connectivity index (χ0n) is 16.1. The zero-order chi connectivity index (χ0) is 20.2. The Morgan fingerprint density at radius 2 is 2.10 bits per heavy atom. The van der Waals surface area contributed by atoms with Gasteiger partial charge < -0.3 is 0 Å². The molecule has 0 bridgehead atoms. The van der Waals surface area contributed by atoms with Gasteiger partial charge in [-0.15, -0.1) is 11.3 Å². The summed E-state index contributed by atoms with van der Waals surface area (Å²) in [6, 6.07) is 13.9. The molecule has 3 heterocycles. The first kappa shape index (κ1) is 19.0. The van der Waals surface area contributed by atoms with E-state index in [0.29, 0.717) is 18.4 Å². The molecule has 0 aliphatic carbocycles. The molecule has 0 N–H and O–H groups in total. The number of nitrogens with zero attached hydrogens (tertiary/aromatic N) is 4. The molecule has 0 saturated carbocycles. The summed E-state index contributed by atoms with van der Waals surface area (Å²) in [5.41, 5.74) is 3.50. The van der Waals surface area contributed by atoms with Crippen LogP contribution >= 0.6 is 11.3 Å².